The van der Waals surface area contributed by atoms with Crippen LogP contribution in [0.4, 0.5) is 10.1 Å². The highest BCUT2D eigenvalue weighted by Gasteiger charge is 2.48. The van der Waals surface area contributed by atoms with E-state index in [9.17, 15) is 17.9 Å². The average Bonchev–Trinajstić information content (AvgIpc) is 3.29. The second-order valence-electron chi connectivity index (χ2n) is 8.79. The lowest BCUT2D eigenvalue weighted by atomic mass is 9.83. The summed E-state index contributed by atoms with van der Waals surface area (Å²) in [5.74, 6) is 5.43. The van der Waals surface area contributed by atoms with Crippen molar-refractivity contribution in [3.63, 3.8) is 0 Å². The molecule has 34 heavy (non-hydrogen) atoms. The maximum absolute atomic E-state index is 14.0. The van der Waals surface area contributed by atoms with E-state index in [1.165, 1.54) is 6.07 Å². The van der Waals surface area contributed by atoms with Crippen LogP contribution in [0.1, 0.15) is 34.7 Å². The number of hydrogen-bond donors (Lipinski definition) is 2. The van der Waals surface area contributed by atoms with Crippen LogP contribution in [0.5, 0.6) is 0 Å². The van der Waals surface area contributed by atoms with Gasteiger partial charge in [0.25, 0.3) is 0 Å². The number of nitrogens with zero attached hydrogens (tertiary/aromatic N) is 1. The third kappa shape index (κ3) is 3.98. The Balaban J connectivity index is 1.57. The molecular weight excluding hydrogens is 451 g/mol. The van der Waals surface area contributed by atoms with Crippen LogP contribution >= 0.6 is 0 Å². The number of benzene rings is 3. The van der Waals surface area contributed by atoms with Crippen LogP contribution in [0.3, 0.4) is 0 Å². The first kappa shape index (κ1) is 22.6. The summed E-state index contributed by atoms with van der Waals surface area (Å²) < 4.78 is 42.9. The zero-order chi connectivity index (χ0) is 23.9. The molecule has 1 saturated heterocycles. The van der Waals surface area contributed by atoms with Gasteiger partial charge in [-0.05, 0) is 66.9 Å². The number of hydrogen-bond acceptors (Lipinski definition) is 4. The molecule has 174 valence electrons. The van der Waals surface area contributed by atoms with Crippen LogP contribution in [0.15, 0.2) is 71.6 Å². The Morgan fingerprint density at radius 2 is 1.91 bits per heavy atom. The molecule has 5 rings (SSSR count). The first-order valence-electron chi connectivity index (χ1n) is 11.2. The highest BCUT2D eigenvalue weighted by Crippen LogP contribution is 2.48. The molecule has 0 radical (unpaired) electrons. The van der Waals surface area contributed by atoms with Gasteiger partial charge < -0.3 is 10.4 Å². The summed E-state index contributed by atoms with van der Waals surface area (Å²) in [7, 11) is -3.74. The van der Waals surface area contributed by atoms with E-state index in [1.54, 1.807) is 40.7 Å². The molecule has 0 spiro atoms. The molecule has 2 aliphatic rings. The SMILES string of the molecule is Cc1cccc(S(=O)(=O)N2CC[C@@H]3[C@H]2c2cc(C#Cc4ccccc4F)ccc2N[C@@H]3CO)c1. The van der Waals surface area contributed by atoms with Gasteiger partial charge in [0.1, 0.15) is 5.82 Å². The molecule has 2 aliphatic heterocycles. The standard InChI is InChI=1S/C27H25FN2O3S/c1-18-5-4-7-21(15-18)34(32,33)30-14-13-22-26(17-31)29-25-12-10-19(16-23(25)27(22)30)9-11-20-6-2-3-8-24(20)28/h2-8,10,12,15-16,22,26-27,29,31H,13-14,17H2,1H3/t22-,26+,27-/m0/s1. The zero-order valence-electron chi connectivity index (χ0n) is 18.7. The number of sulfonamides is 1. The van der Waals surface area contributed by atoms with E-state index in [1.807, 2.05) is 31.2 Å². The highest BCUT2D eigenvalue weighted by atomic mass is 32.2. The summed E-state index contributed by atoms with van der Waals surface area (Å²) in [6.07, 6.45) is 0.637. The molecular formula is C27H25FN2O3S. The van der Waals surface area contributed by atoms with Crippen LogP contribution in [0.25, 0.3) is 0 Å². The lowest BCUT2D eigenvalue weighted by molar-refractivity contribution is 0.210. The van der Waals surface area contributed by atoms with E-state index in [0.717, 1.165) is 16.8 Å². The van der Waals surface area contributed by atoms with E-state index < -0.39 is 16.1 Å². The lowest BCUT2D eigenvalue weighted by Crippen LogP contribution is -2.42. The van der Waals surface area contributed by atoms with Gasteiger partial charge in [-0.15, -0.1) is 0 Å². The van der Waals surface area contributed by atoms with Gasteiger partial charge in [-0.2, -0.15) is 4.31 Å². The summed E-state index contributed by atoms with van der Waals surface area (Å²) in [5, 5.41) is 13.4. The minimum absolute atomic E-state index is 0.0770. The maximum atomic E-state index is 14.0. The Hall–Kier alpha value is -3.18. The number of halogens is 1. The van der Waals surface area contributed by atoms with Crippen molar-refractivity contribution in [3.8, 4) is 11.8 Å². The second-order valence-corrected chi connectivity index (χ2v) is 10.7. The summed E-state index contributed by atoms with van der Waals surface area (Å²) in [6.45, 7) is 2.15. The number of rotatable bonds is 3. The van der Waals surface area contributed by atoms with Gasteiger partial charge >= 0.3 is 0 Å². The van der Waals surface area contributed by atoms with Crippen LogP contribution < -0.4 is 5.32 Å². The molecule has 0 saturated carbocycles. The van der Waals surface area contributed by atoms with Gasteiger partial charge in [-0.1, -0.05) is 36.1 Å². The molecule has 7 heteroatoms. The van der Waals surface area contributed by atoms with Gasteiger partial charge in [-0.25, -0.2) is 12.8 Å². The monoisotopic (exact) mass is 476 g/mol. The smallest absolute Gasteiger partial charge is 0.243 e. The van der Waals surface area contributed by atoms with Crippen molar-refractivity contribution < 1.29 is 17.9 Å². The topological polar surface area (TPSA) is 69.6 Å². The molecule has 0 aromatic heterocycles. The minimum Gasteiger partial charge on any atom is -0.394 e. The molecule has 2 N–H and O–H groups in total. The molecule has 1 fully saturated rings. The quantitative estimate of drug-likeness (QED) is 0.559. The second kappa shape index (κ2) is 8.88. The summed E-state index contributed by atoms with van der Waals surface area (Å²) >= 11 is 0. The number of aryl methyl sites for hydroxylation is 1. The fourth-order valence-corrected chi connectivity index (χ4v) is 6.75. The highest BCUT2D eigenvalue weighted by molar-refractivity contribution is 7.89. The van der Waals surface area contributed by atoms with E-state index in [4.69, 9.17) is 0 Å². The van der Waals surface area contributed by atoms with E-state index in [2.05, 4.69) is 17.2 Å². The predicted molar refractivity (Wildman–Crippen MR) is 129 cm³/mol. The van der Waals surface area contributed by atoms with E-state index in [-0.39, 0.29) is 29.3 Å². The summed E-state index contributed by atoms with van der Waals surface area (Å²) in [6, 6.07) is 18.2. The zero-order valence-corrected chi connectivity index (χ0v) is 19.5. The van der Waals surface area contributed by atoms with Crippen molar-refractivity contribution in [2.45, 2.75) is 30.3 Å². The van der Waals surface area contributed by atoms with Gasteiger partial charge in [0, 0.05) is 23.7 Å². The molecule has 3 atom stereocenters. The van der Waals surface area contributed by atoms with E-state index in [0.29, 0.717) is 24.1 Å². The van der Waals surface area contributed by atoms with Gasteiger partial charge in [0.15, 0.2) is 0 Å². The fraction of sp³-hybridized carbons (Fsp3) is 0.259. The number of nitrogens with one attached hydrogen (secondary N) is 1. The van der Waals surface area contributed by atoms with Crippen LogP contribution in [-0.2, 0) is 10.0 Å². The van der Waals surface area contributed by atoms with Crippen molar-refractivity contribution >= 4 is 15.7 Å². The van der Waals surface area contributed by atoms with Crippen molar-refractivity contribution in [2.75, 3.05) is 18.5 Å². The molecule has 3 aromatic rings. The van der Waals surface area contributed by atoms with Crippen LogP contribution in [-0.4, -0.2) is 37.0 Å². The average molecular weight is 477 g/mol. The first-order chi connectivity index (χ1) is 16.4. The van der Waals surface area contributed by atoms with Crippen LogP contribution in [0.2, 0.25) is 0 Å². The summed E-state index contributed by atoms with van der Waals surface area (Å²) in [5.41, 5.74) is 3.46. The Morgan fingerprint density at radius 3 is 2.68 bits per heavy atom. The first-order valence-corrected chi connectivity index (χ1v) is 12.7. The van der Waals surface area contributed by atoms with Crippen molar-refractivity contribution in [1.29, 1.82) is 0 Å². The molecule has 0 unspecified atom stereocenters. The number of anilines is 1. The number of aliphatic hydroxyl groups is 1. The lowest BCUT2D eigenvalue weighted by Gasteiger charge is -2.38. The third-order valence-corrected chi connectivity index (χ3v) is 8.51. The van der Waals surface area contributed by atoms with Gasteiger partial charge in [0.2, 0.25) is 10.0 Å². The fourth-order valence-electron chi connectivity index (χ4n) is 4.98. The Morgan fingerprint density at radius 1 is 1.09 bits per heavy atom. The van der Waals surface area contributed by atoms with Crippen molar-refractivity contribution in [1.82, 2.24) is 4.31 Å². The Bertz CT molecular complexity index is 1410. The largest absolute Gasteiger partial charge is 0.394 e. The van der Waals surface area contributed by atoms with Gasteiger partial charge in [-0.3, -0.25) is 0 Å². The molecule has 3 aromatic carbocycles. The number of fused-ring (bicyclic) bond motifs is 3. The predicted octanol–water partition coefficient (Wildman–Crippen LogP) is 4.07. The molecule has 0 aliphatic carbocycles. The van der Waals surface area contributed by atoms with Gasteiger partial charge in [0.05, 0.1) is 29.1 Å². The Labute approximate surface area is 199 Å². The number of aliphatic hydroxyl groups excluding tert-OH is 1. The Kier molecular flexibility index (Phi) is 5.90. The molecule has 0 bridgehead atoms. The molecule has 2 heterocycles. The summed E-state index contributed by atoms with van der Waals surface area (Å²) in [4.78, 5) is 0.268. The van der Waals surface area contributed by atoms with Crippen molar-refractivity contribution in [3.05, 3.63) is 94.8 Å². The van der Waals surface area contributed by atoms with Crippen molar-refractivity contribution in [2.24, 2.45) is 5.92 Å². The minimum atomic E-state index is -3.74. The molecule has 0 amide bonds. The third-order valence-electron chi connectivity index (χ3n) is 6.63. The molecule has 5 nitrogen and oxygen atoms in total. The maximum Gasteiger partial charge on any atom is 0.243 e. The van der Waals surface area contributed by atoms with Crippen LogP contribution in [0, 0.1) is 30.5 Å². The normalized spacial score (nSPS) is 21.7. The van der Waals surface area contributed by atoms with E-state index >= 15 is 0 Å².